The maximum atomic E-state index is 12.2. The minimum absolute atomic E-state index is 0.0867. The molecule has 0 saturated heterocycles. The maximum Gasteiger partial charge on any atom is 0.170 e. The minimum atomic E-state index is -0.323. The molecule has 4 nitrogen and oxygen atoms in total. The van der Waals surface area contributed by atoms with Crippen molar-refractivity contribution in [3.8, 4) is 17.2 Å². The molecule has 4 heteroatoms. The van der Waals surface area contributed by atoms with Crippen molar-refractivity contribution in [2.45, 2.75) is 12.5 Å². The lowest BCUT2D eigenvalue weighted by Gasteiger charge is -2.26. The van der Waals surface area contributed by atoms with Gasteiger partial charge in [-0.2, -0.15) is 0 Å². The fourth-order valence-corrected chi connectivity index (χ4v) is 2.47. The zero-order valence-electron chi connectivity index (χ0n) is 12.0. The van der Waals surface area contributed by atoms with E-state index in [9.17, 15) is 4.79 Å². The number of carbonyl (C=O) groups is 1. The zero-order valence-corrected chi connectivity index (χ0v) is 12.0. The van der Waals surface area contributed by atoms with E-state index in [1.807, 2.05) is 30.3 Å². The number of benzene rings is 2. The number of ketones is 1. The molecule has 1 aliphatic heterocycles. The van der Waals surface area contributed by atoms with Crippen LogP contribution in [-0.4, -0.2) is 20.0 Å². The van der Waals surface area contributed by atoms with Crippen LogP contribution in [0, 0.1) is 0 Å². The van der Waals surface area contributed by atoms with Crippen LogP contribution in [0.25, 0.3) is 0 Å². The minimum Gasteiger partial charge on any atom is -0.497 e. The summed E-state index contributed by atoms with van der Waals surface area (Å²) in [5.41, 5.74) is 1.51. The standard InChI is InChI=1S/C17H16O4/c1-19-12-7-11(8-13(9-12)20-2)17-10-15(18)14-5-3-4-6-16(14)21-17/h3-9,17H,10H2,1-2H3. The van der Waals surface area contributed by atoms with Gasteiger partial charge in [0.2, 0.25) is 0 Å². The highest BCUT2D eigenvalue weighted by molar-refractivity contribution is 5.99. The Hall–Kier alpha value is -2.49. The number of hydrogen-bond donors (Lipinski definition) is 0. The summed E-state index contributed by atoms with van der Waals surface area (Å²) >= 11 is 0. The van der Waals surface area contributed by atoms with Crippen LogP contribution in [0.3, 0.4) is 0 Å². The zero-order chi connectivity index (χ0) is 14.8. The molecule has 3 rings (SSSR count). The SMILES string of the molecule is COc1cc(OC)cc(C2CC(=O)c3ccccc3O2)c1. The molecular weight excluding hydrogens is 268 g/mol. The van der Waals surface area contributed by atoms with E-state index in [0.717, 1.165) is 5.56 Å². The van der Waals surface area contributed by atoms with E-state index in [-0.39, 0.29) is 11.9 Å². The molecule has 1 unspecified atom stereocenters. The van der Waals surface area contributed by atoms with Gasteiger partial charge in [0.25, 0.3) is 0 Å². The van der Waals surface area contributed by atoms with Crippen molar-refractivity contribution in [2.75, 3.05) is 14.2 Å². The first-order chi connectivity index (χ1) is 10.2. The average molecular weight is 284 g/mol. The van der Waals surface area contributed by atoms with Crippen LogP contribution in [0.2, 0.25) is 0 Å². The lowest BCUT2D eigenvalue weighted by atomic mass is 9.96. The third-order valence-corrected chi connectivity index (χ3v) is 3.57. The van der Waals surface area contributed by atoms with Gasteiger partial charge >= 0.3 is 0 Å². The summed E-state index contributed by atoms with van der Waals surface area (Å²) < 4.78 is 16.5. The van der Waals surface area contributed by atoms with Crippen LogP contribution < -0.4 is 14.2 Å². The Kier molecular flexibility index (Phi) is 3.52. The number of carbonyl (C=O) groups excluding carboxylic acids is 1. The molecular formula is C17H16O4. The molecule has 108 valence electrons. The molecule has 0 aromatic heterocycles. The van der Waals surface area contributed by atoms with Gasteiger partial charge < -0.3 is 14.2 Å². The van der Waals surface area contributed by atoms with Gasteiger partial charge in [-0.3, -0.25) is 4.79 Å². The fraction of sp³-hybridized carbons (Fsp3) is 0.235. The summed E-state index contributed by atoms with van der Waals surface area (Å²) in [6.45, 7) is 0. The number of methoxy groups -OCH3 is 2. The van der Waals surface area contributed by atoms with E-state index in [2.05, 4.69) is 0 Å². The Bertz CT molecular complexity index is 656. The van der Waals surface area contributed by atoms with Gasteiger partial charge in [0.05, 0.1) is 26.2 Å². The molecule has 0 amide bonds. The Morgan fingerprint density at radius 1 is 1.05 bits per heavy atom. The molecule has 0 spiro atoms. The third kappa shape index (κ3) is 2.57. The Balaban J connectivity index is 1.97. The second-order valence-electron chi connectivity index (χ2n) is 4.88. The van der Waals surface area contributed by atoms with Crippen LogP contribution in [0.5, 0.6) is 17.2 Å². The van der Waals surface area contributed by atoms with Crippen molar-refractivity contribution in [1.82, 2.24) is 0 Å². The first kappa shape index (κ1) is 13.5. The lowest BCUT2D eigenvalue weighted by Crippen LogP contribution is -2.20. The Morgan fingerprint density at radius 2 is 1.71 bits per heavy atom. The highest BCUT2D eigenvalue weighted by Crippen LogP contribution is 2.37. The number of rotatable bonds is 3. The molecule has 0 bridgehead atoms. The van der Waals surface area contributed by atoms with E-state index < -0.39 is 0 Å². The van der Waals surface area contributed by atoms with Gasteiger partial charge in [0, 0.05) is 11.6 Å². The van der Waals surface area contributed by atoms with Crippen molar-refractivity contribution in [1.29, 1.82) is 0 Å². The van der Waals surface area contributed by atoms with Gasteiger partial charge in [-0.1, -0.05) is 12.1 Å². The third-order valence-electron chi connectivity index (χ3n) is 3.57. The highest BCUT2D eigenvalue weighted by Gasteiger charge is 2.27. The monoisotopic (exact) mass is 284 g/mol. The van der Waals surface area contributed by atoms with Crippen molar-refractivity contribution in [3.05, 3.63) is 53.6 Å². The van der Waals surface area contributed by atoms with Gasteiger partial charge in [0.1, 0.15) is 23.4 Å². The largest absolute Gasteiger partial charge is 0.497 e. The van der Waals surface area contributed by atoms with E-state index in [1.165, 1.54) is 0 Å². The smallest absolute Gasteiger partial charge is 0.170 e. The summed E-state index contributed by atoms with van der Waals surface area (Å²) in [7, 11) is 3.20. The predicted octanol–water partition coefficient (Wildman–Crippen LogP) is 3.41. The molecule has 0 aliphatic carbocycles. The van der Waals surface area contributed by atoms with E-state index in [1.54, 1.807) is 26.4 Å². The lowest BCUT2D eigenvalue weighted by molar-refractivity contribution is 0.0849. The second kappa shape index (κ2) is 5.48. The molecule has 0 fully saturated rings. The molecule has 0 saturated carbocycles. The summed E-state index contributed by atoms with van der Waals surface area (Å²) in [5.74, 6) is 2.07. The summed E-state index contributed by atoms with van der Waals surface area (Å²) in [5, 5.41) is 0. The normalized spacial score (nSPS) is 16.9. The van der Waals surface area contributed by atoms with Crippen LogP contribution in [0.1, 0.15) is 28.4 Å². The molecule has 1 atom stereocenters. The quantitative estimate of drug-likeness (QED) is 0.866. The maximum absolute atomic E-state index is 12.2. The summed E-state index contributed by atoms with van der Waals surface area (Å²) in [6.07, 6.45) is -0.00995. The van der Waals surface area contributed by atoms with Gasteiger partial charge in [0.15, 0.2) is 5.78 Å². The number of Topliss-reactive ketones (excluding diaryl/α,β-unsaturated/α-hetero) is 1. The van der Waals surface area contributed by atoms with E-state index >= 15 is 0 Å². The average Bonchev–Trinajstić information content (AvgIpc) is 2.54. The number of para-hydroxylation sites is 1. The van der Waals surface area contributed by atoms with Crippen LogP contribution in [0.15, 0.2) is 42.5 Å². The van der Waals surface area contributed by atoms with E-state index in [0.29, 0.717) is 29.2 Å². The Labute approximate surface area is 123 Å². The molecule has 1 aliphatic rings. The molecule has 21 heavy (non-hydrogen) atoms. The van der Waals surface area contributed by atoms with Gasteiger partial charge in [-0.05, 0) is 24.3 Å². The van der Waals surface area contributed by atoms with Crippen LogP contribution in [-0.2, 0) is 0 Å². The van der Waals surface area contributed by atoms with E-state index in [4.69, 9.17) is 14.2 Å². The number of fused-ring (bicyclic) bond motifs is 1. The first-order valence-electron chi connectivity index (χ1n) is 6.73. The number of hydrogen-bond acceptors (Lipinski definition) is 4. The molecule has 2 aromatic rings. The summed E-state index contributed by atoms with van der Waals surface area (Å²) in [6, 6.07) is 12.8. The molecule has 0 N–H and O–H groups in total. The van der Waals surface area contributed by atoms with Crippen molar-refractivity contribution in [3.63, 3.8) is 0 Å². The van der Waals surface area contributed by atoms with Gasteiger partial charge in [-0.15, -0.1) is 0 Å². The van der Waals surface area contributed by atoms with Gasteiger partial charge in [-0.25, -0.2) is 0 Å². The Morgan fingerprint density at radius 3 is 2.38 bits per heavy atom. The number of ether oxygens (including phenoxy) is 3. The fourth-order valence-electron chi connectivity index (χ4n) is 2.47. The van der Waals surface area contributed by atoms with Crippen molar-refractivity contribution < 1.29 is 19.0 Å². The molecule has 2 aromatic carbocycles. The predicted molar refractivity (Wildman–Crippen MR) is 78.3 cm³/mol. The second-order valence-corrected chi connectivity index (χ2v) is 4.88. The van der Waals surface area contributed by atoms with Crippen LogP contribution >= 0.6 is 0 Å². The summed E-state index contributed by atoms with van der Waals surface area (Å²) in [4.78, 5) is 12.2. The van der Waals surface area contributed by atoms with Crippen molar-refractivity contribution in [2.24, 2.45) is 0 Å². The molecule has 0 radical (unpaired) electrons. The molecule has 1 heterocycles. The first-order valence-corrected chi connectivity index (χ1v) is 6.73. The van der Waals surface area contributed by atoms with Crippen molar-refractivity contribution >= 4 is 5.78 Å². The van der Waals surface area contributed by atoms with Crippen LogP contribution in [0.4, 0.5) is 0 Å². The highest BCUT2D eigenvalue weighted by atomic mass is 16.5. The topological polar surface area (TPSA) is 44.8 Å².